The van der Waals surface area contributed by atoms with E-state index in [-0.39, 0.29) is 0 Å². The first kappa shape index (κ1) is 16.6. The average molecular weight is 335 g/mol. The Hall–Kier alpha value is -2.26. The number of rotatable bonds is 7. The zero-order valence-electron chi connectivity index (χ0n) is 13.8. The summed E-state index contributed by atoms with van der Waals surface area (Å²) >= 11 is 1.78. The largest absolute Gasteiger partial charge is 0.492 e. The van der Waals surface area contributed by atoms with Crippen molar-refractivity contribution in [3.8, 4) is 5.75 Å². The molecule has 0 aliphatic heterocycles. The summed E-state index contributed by atoms with van der Waals surface area (Å²) < 4.78 is 5.79. The fraction of sp³-hybridized carbons (Fsp3) is 0.190. The number of pyridine rings is 1. The number of aromatic nitrogens is 1. The van der Waals surface area contributed by atoms with Crippen LogP contribution >= 0.6 is 11.8 Å². The van der Waals surface area contributed by atoms with Gasteiger partial charge in [0.15, 0.2) is 0 Å². The summed E-state index contributed by atoms with van der Waals surface area (Å²) in [4.78, 5) is 6.99. The molecule has 3 heteroatoms. The van der Waals surface area contributed by atoms with E-state index in [2.05, 4.69) is 60.4 Å². The summed E-state index contributed by atoms with van der Waals surface area (Å²) in [5, 5.41) is 0. The van der Waals surface area contributed by atoms with Crippen LogP contribution in [0.2, 0.25) is 0 Å². The van der Waals surface area contributed by atoms with Crippen LogP contribution in [0.3, 0.4) is 0 Å². The lowest BCUT2D eigenvalue weighted by Gasteiger charge is -2.10. The molecule has 3 aromatic rings. The van der Waals surface area contributed by atoms with Crippen LogP contribution in [0.15, 0.2) is 82.7 Å². The Morgan fingerprint density at radius 1 is 0.875 bits per heavy atom. The van der Waals surface area contributed by atoms with Gasteiger partial charge in [-0.25, -0.2) is 0 Å². The minimum Gasteiger partial charge on any atom is -0.492 e. The Kier molecular flexibility index (Phi) is 5.91. The zero-order valence-corrected chi connectivity index (χ0v) is 14.6. The summed E-state index contributed by atoms with van der Waals surface area (Å²) in [6.45, 7) is 2.84. The fourth-order valence-corrected chi connectivity index (χ4v) is 3.23. The molecule has 0 aliphatic rings. The van der Waals surface area contributed by atoms with Crippen molar-refractivity contribution in [2.45, 2.75) is 29.6 Å². The number of hydrogen-bond donors (Lipinski definition) is 0. The molecule has 2 nitrogen and oxygen atoms in total. The van der Waals surface area contributed by atoms with Crippen LogP contribution in [0.5, 0.6) is 5.75 Å². The smallest absolute Gasteiger partial charge is 0.141 e. The standard InChI is InChI=1S/C21H21NOS/c1-2-15-23-21-9-6-14-22-20(21)16-17-10-12-19(13-11-17)24-18-7-4-3-5-8-18/h3-14H,2,15-16H2,1H3. The molecule has 1 aromatic heterocycles. The molecule has 3 rings (SSSR count). The van der Waals surface area contributed by atoms with E-state index in [9.17, 15) is 0 Å². The maximum atomic E-state index is 5.79. The molecule has 0 N–H and O–H groups in total. The van der Waals surface area contributed by atoms with E-state index in [1.807, 2.05) is 24.4 Å². The molecule has 0 unspecified atom stereocenters. The van der Waals surface area contributed by atoms with E-state index in [0.717, 1.165) is 30.9 Å². The number of hydrogen-bond acceptors (Lipinski definition) is 3. The van der Waals surface area contributed by atoms with Crippen molar-refractivity contribution in [2.24, 2.45) is 0 Å². The van der Waals surface area contributed by atoms with Crippen LogP contribution in [0.1, 0.15) is 24.6 Å². The zero-order chi connectivity index (χ0) is 16.6. The van der Waals surface area contributed by atoms with Gasteiger partial charge >= 0.3 is 0 Å². The van der Waals surface area contributed by atoms with Crippen molar-refractivity contribution in [1.82, 2.24) is 4.98 Å². The molecule has 0 saturated heterocycles. The highest BCUT2D eigenvalue weighted by Crippen LogP contribution is 2.28. The Bertz CT molecular complexity index is 756. The topological polar surface area (TPSA) is 22.1 Å². The third kappa shape index (κ3) is 4.62. The lowest BCUT2D eigenvalue weighted by molar-refractivity contribution is 0.313. The normalized spacial score (nSPS) is 10.5. The van der Waals surface area contributed by atoms with Crippen LogP contribution in [0.25, 0.3) is 0 Å². The summed E-state index contributed by atoms with van der Waals surface area (Å²) in [7, 11) is 0. The highest BCUT2D eigenvalue weighted by molar-refractivity contribution is 7.99. The number of ether oxygens (including phenoxy) is 1. The second kappa shape index (κ2) is 8.55. The molecule has 2 aromatic carbocycles. The maximum absolute atomic E-state index is 5.79. The molecule has 0 amide bonds. The summed E-state index contributed by atoms with van der Waals surface area (Å²) in [5.74, 6) is 0.891. The van der Waals surface area contributed by atoms with Gasteiger partial charge in [0.2, 0.25) is 0 Å². The average Bonchev–Trinajstić information content (AvgIpc) is 2.63. The maximum Gasteiger partial charge on any atom is 0.141 e. The van der Waals surface area contributed by atoms with Crippen LogP contribution < -0.4 is 4.74 Å². The molecular formula is C21H21NOS. The molecule has 0 saturated carbocycles. The first-order chi connectivity index (χ1) is 11.8. The molecule has 0 spiro atoms. The molecule has 0 bridgehead atoms. The molecule has 0 atom stereocenters. The Morgan fingerprint density at radius 3 is 2.38 bits per heavy atom. The molecule has 1 heterocycles. The van der Waals surface area contributed by atoms with Crippen LogP contribution in [0, 0.1) is 0 Å². The minimum absolute atomic E-state index is 0.728. The quantitative estimate of drug-likeness (QED) is 0.560. The van der Waals surface area contributed by atoms with Gasteiger partial charge in [0.25, 0.3) is 0 Å². The van der Waals surface area contributed by atoms with E-state index in [1.165, 1.54) is 15.4 Å². The lowest BCUT2D eigenvalue weighted by Crippen LogP contribution is -2.01. The van der Waals surface area contributed by atoms with Crippen LogP contribution in [0.4, 0.5) is 0 Å². The predicted octanol–water partition coefficient (Wildman–Crippen LogP) is 5.61. The van der Waals surface area contributed by atoms with Crippen LogP contribution in [-0.2, 0) is 6.42 Å². The first-order valence-electron chi connectivity index (χ1n) is 8.23. The summed E-state index contributed by atoms with van der Waals surface area (Å²) in [5.41, 5.74) is 2.24. The molecular weight excluding hydrogens is 314 g/mol. The summed E-state index contributed by atoms with van der Waals surface area (Å²) in [6, 6.07) is 23.0. The fourth-order valence-electron chi connectivity index (χ4n) is 2.39. The SMILES string of the molecule is CCCOc1cccnc1Cc1ccc(Sc2ccccc2)cc1. The van der Waals surface area contributed by atoms with Gasteiger partial charge in [-0.2, -0.15) is 0 Å². The van der Waals surface area contributed by atoms with Gasteiger partial charge in [-0.1, -0.05) is 49.0 Å². The van der Waals surface area contributed by atoms with Crippen LogP contribution in [-0.4, -0.2) is 11.6 Å². The lowest BCUT2D eigenvalue weighted by atomic mass is 10.1. The highest BCUT2D eigenvalue weighted by Gasteiger charge is 2.06. The third-order valence-electron chi connectivity index (χ3n) is 3.58. The van der Waals surface area contributed by atoms with Gasteiger partial charge in [0.1, 0.15) is 5.75 Å². The van der Waals surface area contributed by atoms with Gasteiger partial charge in [-0.15, -0.1) is 0 Å². The van der Waals surface area contributed by atoms with Crippen molar-refractivity contribution in [2.75, 3.05) is 6.61 Å². The van der Waals surface area contributed by atoms with Gasteiger partial charge in [-0.3, -0.25) is 4.98 Å². The Labute approximate surface area is 147 Å². The Balaban J connectivity index is 1.68. The molecule has 0 aliphatic carbocycles. The van der Waals surface area contributed by atoms with Gasteiger partial charge in [0.05, 0.1) is 12.3 Å². The molecule has 0 radical (unpaired) electrons. The third-order valence-corrected chi connectivity index (χ3v) is 4.60. The first-order valence-corrected chi connectivity index (χ1v) is 9.05. The monoisotopic (exact) mass is 335 g/mol. The predicted molar refractivity (Wildman–Crippen MR) is 99.8 cm³/mol. The van der Waals surface area contributed by atoms with Crippen molar-refractivity contribution in [1.29, 1.82) is 0 Å². The summed E-state index contributed by atoms with van der Waals surface area (Å²) in [6.07, 6.45) is 3.61. The molecule has 122 valence electrons. The van der Waals surface area contributed by atoms with E-state index >= 15 is 0 Å². The number of nitrogens with zero attached hydrogens (tertiary/aromatic N) is 1. The molecule has 0 fully saturated rings. The second-order valence-corrected chi connectivity index (χ2v) is 6.68. The van der Waals surface area contributed by atoms with Gasteiger partial charge in [0, 0.05) is 22.4 Å². The van der Waals surface area contributed by atoms with E-state index in [1.54, 1.807) is 11.8 Å². The van der Waals surface area contributed by atoms with Gasteiger partial charge in [-0.05, 0) is 48.4 Å². The van der Waals surface area contributed by atoms with E-state index < -0.39 is 0 Å². The van der Waals surface area contributed by atoms with E-state index in [4.69, 9.17) is 4.74 Å². The minimum atomic E-state index is 0.728. The van der Waals surface area contributed by atoms with Crippen molar-refractivity contribution < 1.29 is 4.74 Å². The second-order valence-electron chi connectivity index (χ2n) is 5.53. The van der Waals surface area contributed by atoms with Gasteiger partial charge < -0.3 is 4.74 Å². The highest BCUT2D eigenvalue weighted by atomic mass is 32.2. The van der Waals surface area contributed by atoms with Crippen molar-refractivity contribution >= 4 is 11.8 Å². The number of benzene rings is 2. The van der Waals surface area contributed by atoms with Crippen molar-refractivity contribution in [3.05, 3.63) is 84.2 Å². The Morgan fingerprint density at radius 2 is 1.62 bits per heavy atom. The molecule has 24 heavy (non-hydrogen) atoms. The van der Waals surface area contributed by atoms with Crippen molar-refractivity contribution in [3.63, 3.8) is 0 Å². The van der Waals surface area contributed by atoms with E-state index in [0.29, 0.717) is 0 Å².